The monoisotopic (exact) mass is 388 g/mol. The molecule has 4 rings (SSSR count). The van der Waals surface area contributed by atoms with Gasteiger partial charge in [0.1, 0.15) is 5.82 Å². The molecule has 0 fully saturated rings. The summed E-state index contributed by atoms with van der Waals surface area (Å²) < 4.78 is 14.1. The van der Waals surface area contributed by atoms with Crippen LogP contribution in [0.2, 0.25) is 0 Å². The van der Waals surface area contributed by atoms with Gasteiger partial charge in [0.15, 0.2) is 0 Å². The first-order valence-corrected chi connectivity index (χ1v) is 9.42. The zero-order valence-corrected chi connectivity index (χ0v) is 16.0. The van der Waals surface area contributed by atoms with Crippen molar-refractivity contribution in [1.82, 2.24) is 4.98 Å². The Hall–Kier alpha value is -3.67. The maximum absolute atomic E-state index is 14.1. The van der Waals surface area contributed by atoms with E-state index in [-0.39, 0.29) is 11.5 Å². The van der Waals surface area contributed by atoms with Gasteiger partial charge in [-0.2, -0.15) is 0 Å². The van der Waals surface area contributed by atoms with Crippen LogP contribution < -0.4 is 16.0 Å². The normalized spacial score (nSPS) is 13.9. The summed E-state index contributed by atoms with van der Waals surface area (Å²) in [5, 5.41) is 9.23. The lowest BCUT2D eigenvalue weighted by atomic mass is 10.1. The molecule has 1 aromatic heterocycles. The Kier molecular flexibility index (Phi) is 5.24. The van der Waals surface area contributed by atoms with Crippen LogP contribution in [0.15, 0.2) is 67.1 Å². The van der Waals surface area contributed by atoms with Gasteiger partial charge < -0.3 is 16.0 Å². The quantitative estimate of drug-likeness (QED) is 0.541. The largest absolute Gasteiger partial charge is 0.384 e. The Labute approximate surface area is 168 Å². The van der Waals surface area contributed by atoms with Gasteiger partial charge in [-0.05, 0) is 66.9 Å². The second-order valence-electron chi connectivity index (χ2n) is 6.88. The molecule has 29 heavy (non-hydrogen) atoms. The number of benzene rings is 2. The summed E-state index contributed by atoms with van der Waals surface area (Å²) in [5.41, 5.74) is 5.27. The van der Waals surface area contributed by atoms with Crippen LogP contribution in [-0.4, -0.2) is 17.4 Å². The summed E-state index contributed by atoms with van der Waals surface area (Å²) in [4.78, 5) is 16.2. The number of anilines is 3. The summed E-state index contributed by atoms with van der Waals surface area (Å²) in [6.45, 7) is 2.84. The van der Waals surface area contributed by atoms with Crippen molar-refractivity contribution in [3.05, 3.63) is 89.6 Å². The highest BCUT2D eigenvalue weighted by Crippen LogP contribution is 2.33. The average molecular weight is 388 g/mol. The second-order valence-corrected chi connectivity index (χ2v) is 6.88. The van der Waals surface area contributed by atoms with E-state index in [1.54, 1.807) is 30.7 Å². The molecule has 1 amide bonds. The molecule has 2 heterocycles. The fourth-order valence-corrected chi connectivity index (χ4v) is 3.34. The second kappa shape index (κ2) is 8.14. The average Bonchev–Trinajstić information content (AvgIpc) is 3.05. The van der Waals surface area contributed by atoms with Gasteiger partial charge in [-0.1, -0.05) is 6.07 Å². The lowest BCUT2D eigenvalue weighted by molar-refractivity contribution is -0.110. The molecule has 6 heteroatoms. The molecular weight excluding hydrogens is 367 g/mol. The van der Waals surface area contributed by atoms with Gasteiger partial charge in [-0.3, -0.25) is 9.78 Å². The Bertz CT molecular complexity index is 1080. The molecule has 0 bridgehead atoms. The Morgan fingerprint density at radius 3 is 2.76 bits per heavy atom. The number of hydrogen-bond acceptors (Lipinski definition) is 4. The highest BCUT2D eigenvalue weighted by atomic mass is 19.1. The third-order valence-electron chi connectivity index (χ3n) is 4.86. The molecule has 146 valence electrons. The topological polar surface area (TPSA) is 66.1 Å². The van der Waals surface area contributed by atoms with E-state index >= 15 is 0 Å². The third kappa shape index (κ3) is 4.11. The van der Waals surface area contributed by atoms with Crippen LogP contribution in [0.25, 0.3) is 5.57 Å². The van der Waals surface area contributed by atoms with Gasteiger partial charge in [0.2, 0.25) is 0 Å². The molecule has 0 atom stereocenters. The summed E-state index contributed by atoms with van der Waals surface area (Å²) in [5.74, 6) is -0.734. The molecule has 0 saturated carbocycles. The van der Waals surface area contributed by atoms with Gasteiger partial charge in [-0.25, -0.2) is 4.39 Å². The van der Waals surface area contributed by atoms with Crippen molar-refractivity contribution in [1.29, 1.82) is 0 Å². The zero-order chi connectivity index (χ0) is 20.2. The number of carbonyl (C=O) groups excluding carboxylic acids is 1. The standard InChI is InChI=1S/C23H21FN4O/c1-15-13-17(5-6-20(15)26-12-9-16-7-10-25-11-8-16)27-14-18-22-19(24)3-2-4-21(22)28-23(18)29/h2-8,10-11,13-14,26-27H,9,12H2,1H3,(H,28,29). The van der Waals surface area contributed by atoms with Crippen molar-refractivity contribution in [2.45, 2.75) is 13.3 Å². The molecule has 1 aliphatic heterocycles. The van der Waals surface area contributed by atoms with Crippen LogP contribution in [0, 0.1) is 12.7 Å². The van der Waals surface area contributed by atoms with E-state index in [2.05, 4.69) is 20.9 Å². The number of aromatic nitrogens is 1. The summed E-state index contributed by atoms with van der Waals surface area (Å²) in [6.07, 6.45) is 6.05. The molecule has 0 aliphatic carbocycles. The minimum absolute atomic E-state index is 0.287. The Morgan fingerprint density at radius 1 is 1.14 bits per heavy atom. The molecule has 0 radical (unpaired) electrons. The van der Waals surface area contributed by atoms with Gasteiger partial charge in [0, 0.05) is 42.1 Å². The maximum atomic E-state index is 14.1. The lowest BCUT2D eigenvalue weighted by Gasteiger charge is -2.11. The van der Waals surface area contributed by atoms with Crippen molar-refractivity contribution in [3.8, 4) is 0 Å². The van der Waals surface area contributed by atoms with Gasteiger partial charge >= 0.3 is 0 Å². The fraction of sp³-hybridized carbons (Fsp3) is 0.130. The van der Waals surface area contributed by atoms with E-state index in [1.165, 1.54) is 11.6 Å². The minimum Gasteiger partial charge on any atom is -0.384 e. The van der Waals surface area contributed by atoms with Crippen LogP contribution in [-0.2, 0) is 11.2 Å². The van der Waals surface area contributed by atoms with Gasteiger partial charge in [0.25, 0.3) is 5.91 Å². The number of nitrogens with one attached hydrogen (secondary N) is 3. The van der Waals surface area contributed by atoms with Crippen LogP contribution in [0.4, 0.5) is 21.5 Å². The van der Waals surface area contributed by atoms with Crippen LogP contribution in [0.3, 0.4) is 0 Å². The van der Waals surface area contributed by atoms with Gasteiger partial charge in [-0.15, -0.1) is 0 Å². The number of halogens is 1. The van der Waals surface area contributed by atoms with Gasteiger partial charge in [0.05, 0.1) is 11.3 Å². The van der Waals surface area contributed by atoms with Crippen LogP contribution in [0.1, 0.15) is 16.7 Å². The van der Waals surface area contributed by atoms with Crippen molar-refractivity contribution < 1.29 is 9.18 Å². The number of carbonyl (C=O) groups is 1. The number of fused-ring (bicyclic) bond motifs is 1. The highest BCUT2D eigenvalue weighted by molar-refractivity contribution is 6.31. The molecule has 3 aromatic rings. The number of nitrogens with zero attached hydrogens (tertiary/aromatic N) is 1. The Balaban J connectivity index is 1.43. The first-order chi connectivity index (χ1) is 14.1. The number of hydrogen-bond donors (Lipinski definition) is 3. The molecule has 0 spiro atoms. The molecule has 5 nitrogen and oxygen atoms in total. The first-order valence-electron chi connectivity index (χ1n) is 9.42. The molecule has 1 aliphatic rings. The third-order valence-corrected chi connectivity index (χ3v) is 4.86. The number of aryl methyl sites for hydroxylation is 1. The summed E-state index contributed by atoms with van der Waals surface area (Å²) >= 11 is 0. The number of pyridine rings is 1. The van der Waals surface area contributed by atoms with E-state index in [9.17, 15) is 9.18 Å². The number of amides is 1. The van der Waals surface area contributed by atoms with Crippen molar-refractivity contribution >= 4 is 28.5 Å². The summed E-state index contributed by atoms with van der Waals surface area (Å²) in [6, 6.07) is 14.5. The van der Waals surface area contributed by atoms with E-state index in [1.807, 2.05) is 37.3 Å². The van der Waals surface area contributed by atoms with Crippen LogP contribution in [0.5, 0.6) is 0 Å². The lowest BCUT2D eigenvalue weighted by Crippen LogP contribution is -2.07. The highest BCUT2D eigenvalue weighted by Gasteiger charge is 2.27. The molecule has 2 aromatic carbocycles. The first kappa shape index (κ1) is 18.7. The van der Waals surface area contributed by atoms with Crippen LogP contribution >= 0.6 is 0 Å². The predicted molar refractivity (Wildman–Crippen MR) is 114 cm³/mol. The van der Waals surface area contributed by atoms with E-state index < -0.39 is 5.82 Å². The zero-order valence-electron chi connectivity index (χ0n) is 16.0. The van der Waals surface area contributed by atoms with Crippen molar-refractivity contribution in [2.75, 3.05) is 22.5 Å². The molecule has 3 N–H and O–H groups in total. The molecule has 0 unspecified atom stereocenters. The van der Waals surface area contributed by atoms with E-state index in [0.29, 0.717) is 11.3 Å². The predicted octanol–water partition coefficient (Wildman–Crippen LogP) is 4.59. The minimum atomic E-state index is -0.418. The fourth-order valence-electron chi connectivity index (χ4n) is 3.34. The Morgan fingerprint density at radius 2 is 1.97 bits per heavy atom. The molecule has 0 saturated heterocycles. The van der Waals surface area contributed by atoms with Crippen molar-refractivity contribution in [2.24, 2.45) is 0 Å². The maximum Gasteiger partial charge on any atom is 0.257 e. The smallest absolute Gasteiger partial charge is 0.257 e. The SMILES string of the molecule is Cc1cc(NC=C2C(=O)Nc3cccc(F)c32)ccc1NCCc1ccncc1. The van der Waals surface area contributed by atoms with Crippen molar-refractivity contribution in [3.63, 3.8) is 0 Å². The van der Waals surface area contributed by atoms with E-state index in [4.69, 9.17) is 0 Å². The van der Waals surface area contributed by atoms with E-state index in [0.717, 1.165) is 29.9 Å². The number of rotatable bonds is 6. The summed E-state index contributed by atoms with van der Waals surface area (Å²) in [7, 11) is 0. The molecular formula is C23H21FN4O.